The molecule has 0 aliphatic carbocycles. The van der Waals surface area contributed by atoms with Gasteiger partial charge in [0.25, 0.3) is 5.91 Å². The summed E-state index contributed by atoms with van der Waals surface area (Å²) in [6.45, 7) is 1.69. The molecule has 1 amide bonds. The predicted molar refractivity (Wildman–Crippen MR) is 92.4 cm³/mol. The van der Waals surface area contributed by atoms with Crippen molar-refractivity contribution in [1.29, 1.82) is 0 Å². The first-order chi connectivity index (χ1) is 12.5. The molecule has 0 unspecified atom stereocenters. The highest BCUT2D eigenvalue weighted by atomic mass is 19.1. The van der Waals surface area contributed by atoms with Crippen LogP contribution in [0.25, 0.3) is 11.3 Å². The van der Waals surface area contributed by atoms with Crippen LogP contribution in [-0.4, -0.2) is 24.1 Å². The van der Waals surface area contributed by atoms with Gasteiger partial charge in [0.15, 0.2) is 0 Å². The van der Waals surface area contributed by atoms with Crippen LogP contribution in [0, 0.1) is 12.7 Å². The highest BCUT2D eigenvalue weighted by molar-refractivity contribution is 6.04. The van der Waals surface area contributed by atoms with Gasteiger partial charge in [-0.1, -0.05) is 23.4 Å². The number of methoxy groups -OCH3 is 1. The van der Waals surface area contributed by atoms with Gasteiger partial charge in [0.05, 0.1) is 12.7 Å². The first kappa shape index (κ1) is 17.3. The van der Waals surface area contributed by atoms with E-state index in [9.17, 15) is 14.0 Å². The molecule has 1 aromatic heterocycles. The van der Waals surface area contributed by atoms with Crippen LogP contribution in [-0.2, 0) is 4.74 Å². The highest BCUT2D eigenvalue weighted by Gasteiger charge is 2.17. The van der Waals surface area contributed by atoms with Crippen molar-refractivity contribution >= 4 is 17.6 Å². The lowest BCUT2D eigenvalue weighted by Crippen LogP contribution is -2.13. The van der Waals surface area contributed by atoms with E-state index in [0.29, 0.717) is 28.1 Å². The van der Waals surface area contributed by atoms with E-state index in [0.717, 1.165) is 0 Å². The normalized spacial score (nSPS) is 10.4. The summed E-state index contributed by atoms with van der Waals surface area (Å²) in [7, 11) is 1.29. The number of rotatable bonds is 4. The van der Waals surface area contributed by atoms with E-state index in [-0.39, 0.29) is 5.76 Å². The molecule has 26 heavy (non-hydrogen) atoms. The van der Waals surface area contributed by atoms with Crippen LogP contribution in [0.5, 0.6) is 0 Å². The summed E-state index contributed by atoms with van der Waals surface area (Å²) in [4.78, 5) is 24.1. The topological polar surface area (TPSA) is 81.4 Å². The zero-order valence-corrected chi connectivity index (χ0v) is 14.1. The first-order valence-corrected chi connectivity index (χ1v) is 7.71. The molecule has 0 saturated heterocycles. The standard InChI is InChI=1S/C19H15FN2O4/c1-11-14(19(24)25-2)7-4-8-15(11)21-18(23)17-10-16(22-26-17)12-5-3-6-13(20)9-12/h3-10H,1-2H3,(H,21,23). The van der Waals surface area contributed by atoms with Crippen molar-refractivity contribution in [3.05, 3.63) is 71.2 Å². The van der Waals surface area contributed by atoms with E-state index >= 15 is 0 Å². The number of esters is 1. The molecule has 2 aromatic carbocycles. The number of amides is 1. The number of carbonyl (C=O) groups is 2. The molecule has 0 aliphatic rings. The molecule has 0 bridgehead atoms. The highest BCUT2D eigenvalue weighted by Crippen LogP contribution is 2.23. The Morgan fingerprint density at radius 2 is 1.92 bits per heavy atom. The number of nitrogens with one attached hydrogen (secondary N) is 1. The maximum Gasteiger partial charge on any atom is 0.338 e. The van der Waals surface area contributed by atoms with Gasteiger partial charge < -0.3 is 14.6 Å². The minimum Gasteiger partial charge on any atom is -0.465 e. The Morgan fingerprint density at radius 1 is 1.15 bits per heavy atom. The van der Waals surface area contributed by atoms with Crippen molar-refractivity contribution in [3.63, 3.8) is 0 Å². The molecule has 0 fully saturated rings. The van der Waals surface area contributed by atoms with Crippen LogP contribution >= 0.6 is 0 Å². The third kappa shape index (κ3) is 3.46. The molecule has 6 nitrogen and oxygen atoms in total. The number of halogens is 1. The van der Waals surface area contributed by atoms with Gasteiger partial charge in [-0.15, -0.1) is 0 Å². The Hall–Kier alpha value is -3.48. The van der Waals surface area contributed by atoms with Crippen LogP contribution in [0.2, 0.25) is 0 Å². The number of hydrogen-bond donors (Lipinski definition) is 1. The largest absolute Gasteiger partial charge is 0.465 e. The van der Waals surface area contributed by atoms with Crippen molar-refractivity contribution in [3.8, 4) is 11.3 Å². The van der Waals surface area contributed by atoms with Gasteiger partial charge in [0, 0.05) is 17.3 Å². The lowest BCUT2D eigenvalue weighted by atomic mass is 10.1. The smallest absolute Gasteiger partial charge is 0.338 e. The van der Waals surface area contributed by atoms with Gasteiger partial charge >= 0.3 is 5.97 Å². The van der Waals surface area contributed by atoms with Gasteiger partial charge in [-0.3, -0.25) is 4.79 Å². The average Bonchev–Trinajstić information content (AvgIpc) is 3.13. The van der Waals surface area contributed by atoms with Crippen molar-refractivity contribution in [2.75, 3.05) is 12.4 Å². The molecule has 132 valence electrons. The molecule has 0 atom stereocenters. The monoisotopic (exact) mass is 354 g/mol. The molecule has 0 radical (unpaired) electrons. The van der Waals surface area contributed by atoms with E-state index in [1.165, 1.54) is 25.3 Å². The van der Waals surface area contributed by atoms with Gasteiger partial charge in [-0.25, -0.2) is 9.18 Å². The second-order valence-corrected chi connectivity index (χ2v) is 5.51. The molecule has 1 heterocycles. The fourth-order valence-corrected chi connectivity index (χ4v) is 2.45. The van der Waals surface area contributed by atoms with E-state index in [2.05, 4.69) is 10.5 Å². The SMILES string of the molecule is COC(=O)c1cccc(NC(=O)c2cc(-c3cccc(F)c3)no2)c1C. The Kier molecular flexibility index (Phi) is 4.79. The van der Waals surface area contributed by atoms with Gasteiger partial charge in [-0.2, -0.15) is 0 Å². The summed E-state index contributed by atoms with van der Waals surface area (Å²) >= 11 is 0. The van der Waals surface area contributed by atoms with Crippen molar-refractivity contribution in [2.45, 2.75) is 6.92 Å². The Labute approximate surface area is 148 Å². The fourth-order valence-electron chi connectivity index (χ4n) is 2.45. The number of nitrogens with zero attached hydrogens (tertiary/aromatic N) is 1. The number of hydrogen-bond acceptors (Lipinski definition) is 5. The molecule has 0 spiro atoms. The summed E-state index contributed by atoms with van der Waals surface area (Å²) in [5, 5.41) is 6.46. The molecule has 1 N–H and O–H groups in total. The Bertz CT molecular complexity index is 981. The molecule has 7 heteroatoms. The lowest BCUT2D eigenvalue weighted by Gasteiger charge is -2.10. The quantitative estimate of drug-likeness (QED) is 0.720. The van der Waals surface area contributed by atoms with Gasteiger partial charge in [0.1, 0.15) is 11.5 Å². The molecule has 3 aromatic rings. The van der Waals surface area contributed by atoms with Crippen LogP contribution in [0.1, 0.15) is 26.5 Å². The minimum absolute atomic E-state index is 0.0351. The minimum atomic E-state index is -0.537. The number of aromatic nitrogens is 1. The van der Waals surface area contributed by atoms with E-state index in [4.69, 9.17) is 9.26 Å². The van der Waals surface area contributed by atoms with Gasteiger partial charge in [0.2, 0.25) is 5.76 Å². The van der Waals surface area contributed by atoms with E-state index < -0.39 is 17.7 Å². The van der Waals surface area contributed by atoms with Crippen molar-refractivity contribution < 1.29 is 23.2 Å². The second-order valence-electron chi connectivity index (χ2n) is 5.51. The van der Waals surface area contributed by atoms with E-state index in [1.807, 2.05) is 0 Å². The van der Waals surface area contributed by atoms with Crippen LogP contribution in [0.4, 0.5) is 10.1 Å². The number of carbonyl (C=O) groups excluding carboxylic acids is 2. The summed E-state index contributed by atoms with van der Waals surface area (Å²) in [5.41, 5.74) is 2.20. The number of anilines is 1. The molecular weight excluding hydrogens is 339 g/mol. The van der Waals surface area contributed by atoms with Crippen molar-refractivity contribution in [1.82, 2.24) is 5.16 Å². The van der Waals surface area contributed by atoms with Crippen LogP contribution in [0.15, 0.2) is 53.1 Å². The third-order valence-corrected chi connectivity index (χ3v) is 3.84. The van der Waals surface area contributed by atoms with Crippen LogP contribution in [0.3, 0.4) is 0 Å². The Balaban J connectivity index is 1.82. The molecule has 3 rings (SSSR count). The maximum absolute atomic E-state index is 13.3. The lowest BCUT2D eigenvalue weighted by molar-refractivity contribution is 0.0599. The maximum atomic E-state index is 13.3. The molecule has 0 aliphatic heterocycles. The third-order valence-electron chi connectivity index (χ3n) is 3.84. The summed E-state index contributed by atoms with van der Waals surface area (Å²) in [6, 6.07) is 12.1. The first-order valence-electron chi connectivity index (χ1n) is 7.71. The average molecular weight is 354 g/mol. The fraction of sp³-hybridized carbons (Fsp3) is 0.105. The number of benzene rings is 2. The summed E-state index contributed by atoms with van der Waals surface area (Å²) in [6.07, 6.45) is 0. The van der Waals surface area contributed by atoms with Gasteiger partial charge in [-0.05, 0) is 36.8 Å². The predicted octanol–water partition coefficient (Wildman–Crippen LogP) is 3.83. The zero-order valence-electron chi connectivity index (χ0n) is 14.1. The van der Waals surface area contributed by atoms with Crippen molar-refractivity contribution in [2.24, 2.45) is 0 Å². The summed E-state index contributed by atoms with van der Waals surface area (Å²) < 4.78 is 23.1. The summed E-state index contributed by atoms with van der Waals surface area (Å²) in [5.74, 6) is -1.48. The zero-order chi connectivity index (χ0) is 18.7. The van der Waals surface area contributed by atoms with E-state index in [1.54, 1.807) is 37.3 Å². The number of ether oxygens (including phenoxy) is 1. The molecular formula is C19H15FN2O4. The molecule has 0 saturated carbocycles. The second kappa shape index (κ2) is 7.18. The van der Waals surface area contributed by atoms with Crippen LogP contribution < -0.4 is 5.32 Å². The Morgan fingerprint density at radius 3 is 2.65 bits per heavy atom.